The molecule has 5 rings (SSSR count). The normalized spacial score (nSPS) is 11.3. The number of aryl methyl sites for hydroxylation is 1. The first-order valence-corrected chi connectivity index (χ1v) is 15.4. The van der Waals surface area contributed by atoms with Crippen LogP contribution in [0, 0.1) is 17.0 Å². The first kappa shape index (κ1) is 31.2. The number of amides is 2. The number of carbonyl (C=O) groups is 3. The van der Waals surface area contributed by atoms with E-state index in [0.29, 0.717) is 21.1 Å². The summed E-state index contributed by atoms with van der Waals surface area (Å²) in [6.45, 7) is 1.98. The Hall–Kier alpha value is -5.26. The van der Waals surface area contributed by atoms with Crippen LogP contribution >= 0.6 is 23.1 Å². The van der Waals surface area contributed by atoms with E-state index in [1.165, 1.54) is 54.5 Å². The van der Waals surface area contributed by atoms with Gasteiger partial charge in [0.05, 0.1) is 12.0 Å². The molecule has 1 unspecified atom stereocenters. The molecule has 0 saturated heterocycles. The maximum Gasteiger partial charge on any atom is 0.341 e. The average Bonchev–Trinajstić information content (AvgIpc) is 3.47. The maximum absolute atomic E-state index is 13.9. The van der Waals surface area contributed by atoms with Gasteiger partial charge in [-0.25, -0.2) is 4.79 Å². The molecule has 0 aliphatic rings. The van der Waals surface area contributed by atoms with Gasteiger partial charge in [-0.1, -0.05) is 72.3 Å². The van der Waals surface area contributed by atoms with Crippen molar-refractivity contribution in [2.24, 2.45) is 0 Å². The number of thiophene rings is 1. The molecule has 0 radical (unpaired) electrons. The van der Waals surface area contributed by atoms with Crippen molar-refractivity contribution in [3.8, 4) is 11.1 Å². The SMILES string of the molecule is COC(=O)c1c(-c2ccc(C)cc2)csc1NC(=O)C(Sc1cccc(NC(=O)c2cccc([N+](=O)[O-])c2)c1)c1ccccc1. The number of nitrogens with one attached hydrogen (secondary N) is 2. The van der Waals surface area contributed by atoms with Crippen molar-refractivity contribution in [3.05, 3.63) is 141 Å². The summed E-state index contributed by atoms with van der Waals surface area (Å²) in [4.78, 5) is 50.9. The zero-order valence-corrected chi connectivity index (χ0v) is 25.8. The largest absolute Gasteiger partial charge is 0.465 e. The van der Waals surface area contributed by atoms with E-state index in [-0.39, 0.29) is 22.7 Å². The van der Waals surface area contributed by atoms with Crippen LogP contribution in [0.5, 0.6) is 0 Å². The van der Waals surface area contributed by atoms with Gasteiger partial charge in [-0.3, -0.25) is 19.7 Å². The molecular formula is C34H27N3O6S2. The molecule has 11 heteroatoms. The van der Waals surface area contributed by atoms with Crippen LogP contribution in [0.2, 0.25) is 0 Å². The van der Waals surface area contributed by atoms with Crippen LogP contribution in [0.25, 0.3) is 11.1 Å². The molecule has 9 nitrogen and oxygen atoms in total. The molecule has 2 N–H and O–H groups in total. The van der Waals surface area contributed by atoms with Gasteiger partial charge in [0.15, 0.2) is 0 Å². The number of nitro groups is 1. The fourth-order valence-electron chi connectivity index (χ4n) is 4.53. The van der Waals surface area contributed by atoms with Crippen LogP contribution in [-0.2, 0) is 9.53 Å². The third-order valence-electron chi connectivity index (χ3n) is 6.79. The molecule has 4 aromatic carbocycles. The lowest BCUT2D eigenvalue weighted by atomic mass is 10.0. The number of esters is 1. The Morgan fingerprint density at radius 2 is 1.62 bits per heavy atom. The smallest absolute Gasteiger partial charge is 0.341 e. The molecular weight excluding hydrogens is 611 g/mol. The Bertz CT molecular complexity index is 1870. The molecule has 2 amide bonds. The van der Waals surface area contributed by atoms with Crippen molar-refractivity contribution < 1.29 is 24.0 Å². The van der Waals surface area contributed by atoms with Gasteiger partial charge >= 0.3 is 5.97 Å². The van der Waals surface area contributed by atoms with Gasteiger partial charge in [0.2, 0.25) is 5.91 Å². The Balaban J connectivity index is 1.40. The molecule has 0 spiro atoms. The maximum atomic E-state index is 13.9. The van der Waals surface area contributed by atoms with Gasteiger partial charge in [0, 0.05) is 39.2 Å². The highest BCUT2D eigenvalue weighted by Gasteiger charge is 2.27. The highest BCUT2D eigenvalue weighted by Crippen LogP contribution is 2.40. The van der Waals surface area contributed by atoms with E-state index in [0.717, 1.165) is 16.7 Å². The molecule has 0 saturated carbocycles. The van der Waals surface area contributed by atoms with Gasteiger partial charge in [0.25, 0.3) is 11.6 Å². The lowest BCUT2D eigenvalue weighted by molar-refractivity contribution is -0.384. The summed E-state index contributed by atoms with van der Waals surface area (Å²) in [5.74, 6) is -1.41. The van der Waals surface area contributed by atoms with Gasteiger partial charge < -0.3 is 15.4 Å². The Labute approximate surface area is 267 Å². The van der Waals surface area contributed by atoms with Crippen LogP contribution in [0.15, 0.2) is 113 Å². The van der Waals surface area contributed by atoms with Crippen molar-refractivity contribution in [3.63, 3.8) is 0 Å². The number of thioether (sulfide) groups is 1. The van der Waals surface area contributed by atoms with Crippen molar-refractivity contribution >= 4 is 57.3 Å². The number of carbonyl (C=O) groups excluding carboxylic acids is 3. The number of nitrogens with zero attached hydrogens (tertiary/aromatic N) is 1. The predicted octanol–water partition coefficient (Wildman–Crippen LogP) is 8.14. The van der Waals surface area contributed by atoms with E-state index >= 15 is 0 Å². The minimum atomic E-state index is -0.718. The van der Waals surface area contributed by atoms with Crippen molar-refractivity contribution in [2.45, 2.75) is 17.1 Å². The van der Waals surface area contributed by atoms with E-state index < -0.39 is 22.0 Å². The second-order valence-electron chi connectivity index (χ2n) is 9.90. The lowest BCUT2D eigenvalue weighted by Crippen LogP contribution is -2.20. The summed E-state index contributed by atoms with van der Waals surface area (Å²) in [5.41, 5.74) is 4.01. The van der Waals surface area contributed by atoms with Crippen LogP contribution in [0.1, 0.15) is 37.1 Å². The molecule has 1 heterocycles. The summed E-state index contributed by atoms with van der Waals surface area (Å²) in [5, 5.41) is 18.3. The van der Waals surface area contributed by atoms with E-state index in [9.17, 15) is 24.5 Å². The zero-order chi connectivity index (χ0) is 31.9. The van der Waals surface area contributed by atoms with Gasteiger partial charge in [0.1, 0.15) is 15.8 Å². The fraction of sp³-hybridized carbons (Fsp3) is 0.0882. The fourth-order valence-corrected chi connectivity index (χ4v) is 6.57. The molecule has 226 valence electrons. The topological polar surface area (TPSA) is 128 Å². The monoisotopic (exact) mass is 637 g/mol. The number of rotatable bonds is 10. The highest BCUT2D eigenvalue weighted by atomic mass is 32.2. The number of nitro benzene ring substituents is 1. The van der Waals surface area contributed by atoms with Crippen molar-refractivity contribution in [1.82, 2.24) is 0 Å². The Morgan fingerprint density at radius 1 is 0.889 bits per heavy atom. The summed E-state index contributed by atoms with van der Waals surface area (Å²) < 4.78 is 5.08. The molecule has 0 bridgehead atoms. The van der Waals surface area contributed by atoms with Crippen LogP contribution in [0.3, 0.4) is 0 Å². The summed E-state index contributed by atoms with van der Waals surface area (Å²) in [6, 6.07) is 29.4. The molecule has 0 aliphatic heterocycles. The molecule has 0 fully saturated rings. The standard InChI is InChI=1S/C34H27N3O6S2/c1-21-14-16-22(17-15-21)28-20-44-33(29(28)34(40)43-2)36-32(39)30(23-8-4-3-5-9-23)45-27-13-7-11-25(19-27)35-31(38)24-10-6-12-26(18-24)37(41)42/h3-20,30H,1-2H3,(H,35,38)(H,36,39). The third kappa shape index (κ3) is 7.46. The molecule has 45 heavy (non-hydrogen) atoms. The van der Waals surface area contributed by atoms with Gasteiger partial charge in [-0.15, -0.1) is 23.1 Å². The Kier molecular flexibility index (Phi) is 9.71. The van der Waals surface area contributed by atoms with Crippen molar-refractivity contribution in [1.29, 1.82) is 0 Å². The summed E-state index contributed by atoms with van der Waals surface area (Å²) >= 11 is 2.52. The van der Waals surface area contributed by atoms with E-state index in [1.54, 1.807) is 18.2 Å². The third-order valence-corrected chi connectivity index (χ3v) is 8.93. The minimum absolute atomic E-state index is 0.145. The number of hydrogen-bond acceptors (Lipinski definition) is 8. The number of anilines is 2. The van der Waals surface area contributed by atoms with Crippen LogP contribution in [-0.4, -0.2) is 29.8 Å². The van der Waals surface area contributed by atoms with E-state index in [1.807, 2.05) is 73.0 Å². The Morgan fingerprint density at radius 3 is 2.33 bits per heavy atom. The second-order valence-corrected chi connectivity index (χ2v) is 12.0. The summed E-state index contributed by atoms with van der Waals surface area (Å²) in [6.07, 6.45) is 0. The van der Waals surface area contributed by atoms with Gasteiger partial charge in [-0.05, 0) is 42.3 Å². The zero-order valence-electron chi connectivity index (χ0n) is 24.2. The molecule has 1 aromatic heterocycles. The summed E-state index contributed by atoms with van der Waals surface area (Å²) in [7, 11) is 1.30. The van der Waals surface area contributed by atoms with Crippen molar-refractivity contribution in [2.75, 3.05) is 17.7 Å². The number of methoxy groups -OCH3 is 1. The van der Waals surface area contributed by atoms with E-state index in [2.05, 4.69) is 10.6 Å². The molecule has 5 aromatic rings. The predicted molar refractivity (Wildman–Crippen MR) is 177 cm³/mol. The lowest BCUT2D eigenvalue weighted by Gasteiger charge is -2.18. The second kappa shape index (κ2) is 14.0. The molecule has 1 atom stereocenters. The minimum Gasteiger partial charge on any atom is -0.465 e. The van der Waals surface area contributed by atoms with E-state index in [4.69, 9.17) is 4.74 Å². The highest BCUT2D eigenvalue weighted by molar-refractivity contribution is 8.00. The van der Waals surface area contributed by atoms with Gasteiger partial charge in [-0.2, -0.15) is 0 Å². The average molecular weight is 638 g/mol. The number of benzene rings is 4. The van der Waals surface area contributed by atoms with Crippen LogP contribution < -0.4 is 10.6 Å². The number of hydrogen-bond donors (Lipinski definition) is 2. The van der Waals surface area contributed by atoms with Crippen LogP contribution in [0.4, 0.5) is 16.4 Å². The first-order valence-electron chi connectivity index (χ1n) is 13.7. The number of non-ortho nitro benzene ring substituents is 1. The molecule has 0 aliphatic carbocycles. The number of ether oxygens (including phenoxy) is 1. The first-order chi connectivity index (χ1) is 21.7. The quantitative estimate of drug-likeness (QED) is 0.0685.